The van der Waals surface area contributed by atoms with Crippen LogP contribution in [0.4, 0.5) is 0 Å². The first-order valence-electron chi connectivity index (χ1n) is 7.96. The molecule has 1 aromatic rings. The van der Waals surface area contributed by atoms with E-state index in [-0.39, 0.29) is 6.10 Å². The normalized spacial score (nSPS) is 25.4. The topological polar surface area (TPSA) is 33.1 Å². The van der Waals surface area contributed by atoms with Crippen LogP contribution in [-0.2, 0) is 6.42 Å². The monoisotopic (exact) mass is 275 g/mol. The highest BCUT2D eigenvalue weighted by molar-refractivity contribution is 5.13. The maximum atomic E-state index is 10.4. The first-order chi connectivity index (χ1) is 9.36. The van der Waals surface area contributed by atoms with E-state index >= 15 is 0 Å². The first-order valence-corrected chi connectivity index (χ1v) is 7.96. The summed E-state index contributed by atoms with van der Waals surface area (Å²) >= 11 is 0. The van der Waals surface area contributed by atoms with Crippen LogP contribution < -0.4 is 0 Å². The van der Waals surface area contributed by atoms with E-state index in [0.717, 1.165) is 24.5 Å². The lowest BCUT2D eigenvalue weighted by atomic mass is 9.68. The number of nitrogens with zero attached hydrogens (tertiary/aromatic N) is 1. The fourth-order valence-corrected chi connectivity index (χ4v) is 3.37. The van der Waals surface area contributed by atoms with Gasteiger partial charge in [-0.3, -0.25) is 4.98 Å². The zero-order chi connectivity index (χ0) is 14.8. The third kappa shape index (κ3) is 4.05. The van der Waals surface area contributed by atoms with Crippen LogP contribution in [0.2, 0.25) is 0 Å². The summed E-state index contributed by atoms with van der Waals surface area (Å²) in [5.41, 5.74) is 2.60. The van der Waals surface area contributed by atoms with Crippen LogP contribution in [0.15, 0.2) is 18.3 Å². The second kappa shape index (κ2) is 6.26. The van der Waals surface area contributed by atoms with E-state index in [1.54, 1.807) is 0 Å². The number of aliphatic hydroxyl groups excluding tert-OH is 1. The standard InChI is InChI=1S/C18H29NO/c1-13-5-10-16(19-12-13)11-17(20)14-6-8-15(9-7-14)18(2,3)4/h5,10,12,14-15,17,20H,6-9,11H2,1-4H3. The molecule has 0 aliphatic heterocycles. The molecule has 2 heteroatoms. The van der Waals surface area contributed by atoms with Gasteiger partial charge in [-0.25, -0.2) is 0 Å². The molecule has 1 aromatic heterocycles. The molecule has 2 nitrogen and oxygen atoms in total. The molecule has 1 aliphatic rings. The van der Waals surface area contributed by atoms with Gasteiger partial charge in [0.05, 0.1) is 6.10 Å². The van der Waals surface area contributed by atoms with Crippen LogP contribution in [0.5, 0.6) is 0 Å². The van der Waals surface area contributed by atoms with E-state index in [0.29, 0.717) is 17.8 Å². The molecule has 0 amide bonds. The van der Waals surface area contributed by atoms with Crippen molar-refractivity contribution in [3.63, 3.8) is 0 Å². The minimum atomic E-state index is -0.230. The summed E-state index contributed by atoms with van der Waals surface area (Å²) < 4.78 is 0. The van der Waals surface area contributed by atoms with E-state index in [2.05, 4.69) is 31.8 Å². The fraction of sp³-hybridized carbons (Fsp3) is 0.722. The molecular formula is C18H29NO. The molecule has 1 unspecified atom stereocenters. The highest BCUT2D eigenvalue weighted by Gasteiger charge is 2.32. The van der Waals surface area contributed by atoms with E-state index in [1.165, 1.54) is 18.4 Å². The number of aromatic nitrogens is 1. The van der Waals surface area contributed by atoms with E-state index in [4.69, 9.17) is 0 Å². The van der Waals surface area contributed by atoms with Gasteiger partial charge in [-0.15, -0.1) is 0 Å². The number of aryl methyl sites for hydroxylation is 1. The minimum absolute atomic E-state index is 0.230. The molecule has 1 fully saturated rings. The van der Waals surface area contributed by atoms with Crippen LogP contribution >= 0.6 is 0 Å². The smallest absolute Gasteiger partial charge is 0.0623 e. The Morgan fingerprint density at radius 2 is 1.85 bits per heavy atom. The Kier molecular flexibility index (Phi) is 4.85. The van der Waals surface area contributed by atoms with Crippen molar-refractivity contribution in [3.05, 3.63) is 29.6 Å². The van der Waals surface area contributed by atoms with Crippen LogP contribution in [-0.4, -0.2) is 16.2 Å². The SMILES string of the molecule is Cc1ccc(CC(O)C2CCC(C(C)(C)C)CC2)nc1. The molecule has 0 bridgehead atoms. The van der Waals surface area contributed by atoms with Gasteiger partial charge in [-0.05, 0) is 61.5 Å². The second-order valence-electron chi connectivity index (χ2n) is 7.58. The van der Waals surface area contributed by atoms with Gasteiger partial charge in [0.1, 0.15) is 0 Å². The first kappa shape index (κ1) is 15.5. The molecule has 1 atom stereocenters. The van der Waals surface area contributed by atoms with Gasteiger partial charge >= 0.3 is 0 Å². The number of aliphatic hydroxyl groups is 1. The zero-order valence-electron chi connectivity index (χ0n) is 13.4. The van der Waals surface area contributed by atoms with Crippen molar-refractivity contribution < 1.29 is 5.11 Å². The fourth-order valence-electron chi connectivity index (χ4n) is 3.37. The quantitative estimate of drug-likeness (QED) is 0.899. The van der Waals surface area contributed by atoms with Crippen molar-refractivity contribution in [2.24, 2.45) is 17.3 Å². The molecule has 20 heavy (non-hydrogen) atoms. The van der Waals surface area contributed by atoms with Crippen molar-refractivity contribution in [1.29, 1.82) is 0 Å². The van der Waals surface area contributed by atoms with E-state index in [1.807, 2.05) is 19.2 Å². The summed E-state index contributed by atoms with van der Waals surface area (Å²) in [7, 11) is 0. The molecule has 1 aliphatic carbocycles. The second-order valence-corrected chi connectivity index (χ2v) is 7.58. The summed E-state index contributed by atoms with van der Waals surface area (Å²) in [5.74, 6) is 1.26. The van der Waals surface area contributed by atoms with Gasteiger partial charge in [0.15, 0.2) is 0 Å². The molecule has 0 radical (unpaired) electrons. The van der Waals surface area contributed by atoms with Gasteiger partial charge in [0.2, 0.25) is 0 Å². The summed E-state index contributed by atoms with van der Waals surface area (Å²) in [5, 5.41) is 10.4. The lowest BCUT2D eigenvalue weighted by Crippen LogP contribution is -2.31. The number of rotatable bonds is 3. The van der Waals surface area contributed by atoms with Gasteiger partial charge < -0.3 is 5.11 Å². The molecule has 112 valence electrons. The van der Waals surface area contributed by atoms with Crippen LogP contribution in [0, 0.1) is 24.2 Å². The third-order valence-corrected chi connectivity index (χ3v) is 4.93. The Morgan fingerprint density at radius 3 is 2.35 bits per heavy atom. The largest absolute Gasteiger partial charge is 0.392 e. The summed E-state index contributed by atoms with van der Waals surface area (Å²) in [6.45, 7) is 9.06. The van der Waals surface area contributed by atoms with Crippen molar-refractivity contribution in [1.82, 2.24) is 4.98 Å². The predicted molar refractivity (Wildman–Crippen MR) is 83.6 cm³/mol. The number of pyridine rings is 1. The van der Waals surface area contributed by atoms with Crippen molar-refractivity contribution in [3.8, 4) is 0 Å². The molecular weight excluding hydrogens is 246 g/mol. The Labute approximate surface area is 123 Å². The molecule has 0 saturated heterocycles. The predicted octanol–water partition coefficient (Wildman–Crippen LogP) is 4.15. The van der Waals surface area contributed by atoms with Crippen molar-refractivity contribution in [2.75, 3.05) is 0 Å². The zero-order valence-corrected chi connectivity index (χ0v) is 13.4. The van der Waals surface area contributed by atoms with Crippen LogP contribution in [0.25, 0.3) is 0 Å². The Balaban J connectivity index is 1.85. The van der Waals surface area contributed by atoms with Crippen LogP contribution in [0.3, 0.4) is 0 Å². The highest BCUT2D eigenvalue weighted by Crippen LogP contribution is 2.40. The highest BCUT2D eigenvalue weighted by atomic mass is 16.3. The molecule has 0 aromatic carbocycles. The van der Waals surface area contributed by atoms with Gasteiger partial charge in [0, 0.05) is 18.3 Å². The summed E-state index contributed by atoms with van der Waals surface area (Å²) in [4.78, 5) is 4.41. The summed E-state index contributed by atoms with van der Waals surface area (Å²) in [6.07, 6.45) is 7.19. The molecule has 1 N–H and O–H groups in total. The Morgan fingerprint density at radius 1 is 1.20 bits per heavy atom. The van der Waals surface area contributed by atoms with Crippen molar-refractivity contribution in [2.45, 2.75) is 65.9 Å². The minimum Gasteiger partial charge on any atom is -0.392 e. The lowest BCUT2D eigenvalue weighted by Gasteiger charge is -2.38. The molecule has 1 saturated carbocycles. The molecule has 2 rings (SSSR count). The number of hydrogen-bond donors (Lipinski definition) is 1. The van der Waals surface area contributed by atoms with Gasteiger partial charge in [-0.2, -0.15) is 0 Å². The van der Waals surface area contributed by atoms with Gasteiger partial charge in [0.25, 0.3) is 0 Å². The molecule has 1 heterocycles. The van der Waals surface area contributed by atoms with Crippen molar-refractivity contribution >= 4 is 0 Å². The summed E-state index contributed by atoms with van der Waals surface area (Å²) in [6, 6.07) is 4.12. The number of hydrogen-bond acceptors (Lipinski definition) is 2. The van der Waals surface area contributed by atoms with Crippen LogP contribution in [0.1, 0.15) is 57.7 Å². The Hall–Kier alpha value is -0.890. The maximum Gasteiger partial charge on any atom is 0.0623 e. The average Bonchev–Trinajstić information content (AvgIpc) is 2.40. The molecule has 0 spiro atoms. The maximum absolute atomic E-state index is 10.4. The third-order valence-electron chi connectivity index (χ3n) is 4.93. The average molecular weight is 275 g/mol. The lowest BCUT2D eigenvalue weighted by molar-refractivity contribution is 0.0531. The van der Waals surface area contributed by atoms with E-state index < -0.39 is 0 Å². The van der Waals surface area contributed by atoms with E-state index in [9.17, 15) is 5.11 Å². The Bertz CT molecular complexity index is 410. The van der Waals surface area contributed by atoms with Gasteiger partial charge in [-0.1, -0.05) is 26.8 Å².